The summed E-state index contributed by atoms with van der Waals surface area (Å²) in [5.41, 5.74) is 2.43. The Balaban J connectivity index is 1.42. The predicted molar refractivity (Wildman–Crippen MR) is 201 cm³/mol. The number of carbonyl (C=O) groups excluding carboxylic acids is 2. The highest BCUT2D eigenvalue weighted by molar-refractivity contribution is 7.90. The number of rotatable bonds is 11. The van der Waals surface area contributed by atoms with Gasteiger partial charge in [0.15, 0.2) is 15.5 Å². The van der Waals surface area contributed by atoms with Crippen molar-refractivity contribution in [2.75, 3.05) is 37.2 Å². The molecule has 3 aromatic carbocycles. The van der Waals surface area contributed by atoms with Crippen LogP contribution in [0.25, 0.3) is 16.8 Å². The molecule has 0 aliphatic heterocycles. The molecule has 16 heteroatoms. The number of fused-ring (bicyclic) bond motifs is 1. The molecule has 5 aromatic rings. The zero-order valence-corrected chi connectivity index (χ0v) is 31.6. The third-order valence-electron chi connectivity index (χ3n) is 8.40. The molecule has 5 rings (SSSR count). The van der Waals surface area contributed by atoms with Crippen LogP contribution in [0.3, 0.4) is 0 Å². The Morgan fingerprint density at radius 3 is 2.22 bits per heavy atom. The fourth-order valence-corrected chi connectivity index (χ4v) is 6.59. The van der Waals surface area contributed by atoms with Crippen LogP contribution in [0.2, 0.25) is 0 Å². The molecule has 0 saturated carbocycles. The number of nitrogens with zero attached hydrogens (tertiary/aromatic N) is 5. The van der Waals surface area contributed by atoms with Crippen molar-refractivity contribution >= 4 is 50.9 Å². The first-order valence-corrected chi connectivity index (χ1v) is 18.7. The van der Waals surface area contributed by atoms with Gasteiger partial charge in [-0.1, -0.05) is 24.3 Å². The number of halogens is 1. The lowest BCUT2D eigenvalue weighted by molar-refractivity contribution is -0.117. The predicted octanol–water partition coefficient (Wildman–Crippen LogP) is 6.92. The Morgan fingerprint density at radius 2 is 1.63 bits per heavy atom. The first-order chi connectivity index (χ1) is 25.4. The van der Waals surface area contributed by atoms with Crippen molar-refractivity contribution < 1.29 is 41.8 Å². The number of carbonyl (C=O) groups is 3. The molecule has 0 fully saturated rings. The first kappa shape index (κ1) is 39.2. The smallest absolute Gasteiger partial charge is 0.419 e. The molecule has 0 unspecified atom stereocenters. The van der Waals surface area contributed by atoms with E-state index in [4.69, 9.17) is 9.47 Å². The van der Waals surface area contributed by atoms with Gasteiger partial charge in [-0.25, -0.2) is 31.8 Å². The molecule has 0 saturated heterocycles. The molecular formula is C38H41FN6O8S. The van der Waals surface area contributed by atoms with E-state index in [1.807, 2.05) is 0 Å². The average molecular weight is 761 g/mol. The maximum atomic E-state index is 13.3. The second kappa shape index (κ2) is 15.5. The van der Waals surface area contributed by atoms with Crippen molar-refractivity contribution in [1.82, 2.24) is 19.5 Å². The van der Waals surface area contributed by atoms with Gasteiger partial charge in [-0.05, 0) is 93.8 Å². The maximum Gasteiger partial charge on any atom is 0.419 e. The van der Waals surface area contributed by atoms with Gasteiger partial charge in [0.1, 0.15) is 17.2 Å². The molecule has 2 aromatic heterocycles. The van der Waals surface area contributed by atoms with Crippen molar-refractivity contribution in [3.63, 3.8) is 0 Å². The summed E-state index contributed by atoms with van der Waals surface area (Å²) in [6, 6.07) is 18.9. The third kappa shape index (κ3) is 8.94. The number of anilines is 3. The minimum absolute atomic E-state index is 0.0136. The van der Waals surface area contributed by atoms with Crippen LogP contribution in [-0.4, -0.2) is 83.7 Å². The number of sulfone groups is 1. The summed E-state index contributed by atoms with van der Waals surface area (Å²) in [6.45, 7) is 6.94. The van der Waals surface area contributed by atoms with Gasteiger partial charge in [0.25, 0.3) is 5.95 Å². The number of likely N-dealkylation sites (N-methyl/N-ethyl adjacent to an activating group) is 1. The van der Waals surface area contributed by atoms with Crippen molar-refractivity contribution in [3.8, 4) is 16.9 Å². The number of methoxy groups -OCH3 is 1. The molecule has 0 bridgehead atoms. The molecule has 2 heterocycles. The summed E-state index contributed by atoms with van der Waals surface area (Å²) >= 11 is 0. The lowest BCUT2D eigenvalue weighted by Crippen LogP contribution is -2.35. The summed E-state index contributed by atoms with van der Waals surface area (Å²) in [5.74, 6) is -1.41. The minimum Gasteiger partial charge on any atom is -0.494 e. The SMILES string of the molecule is COc1c(N(C(=O)O)c2nc3ccc(-c4ccc(NC(=O)[C@H](C)c5ccc(F)cc5)cc4)cn3n2)ccc(S(C)(=O)=O)c1CCN(C)C(=O)OC(C)(C)C. The molecule has 0 radical (unpaired) electrons. The van der Waals surface area contributed by atoms with E-state index in [9.17, 15) is 32.3 Å². The largest absolute Gasteiger partial charge is 0.494 e. The maximum absolute atomic E-state index is 13.3. The topological polar surface area (TPSA) is 173 Å². The van der Waals surface area contributed by atoms with E-state index >= 15 is 0 Å². The summed E-state index contributed by atoms with van der Waals surface area (Å²) in [5, 5.41) is 17.7. The fraction of sp³-hybridized carbons (Fsp3) is 0.289. The molecule has 0 spiro atoms. The van der Waals surface area contributed by atoms with Gasteiger partial charge < -0.3 is 24.8 Å². The van der Waals surface area contributed by atoms with E-state index < -0.39 is 33.5 Å². The number of carboxylic acid groups (broad SMARTS) is 1. The van der Waals surface area contributed by atoms with Crippen LogP contribution in [0.4, 0.5) is 31.3 Å². The van der Waals surface area contributed by atoms with E-state index in [2.05, 4.69) is 15.4 Å². The number of ether oxygens (including phenoxy) is 2. The highest BCUT2D eigenvalue weighted by atomic mass is 32.2. The van der Waals surface area contributed by atoms with Crippen LogP contribution < -0.4 is 15.0 Å². The van der Waals surface area contributed by atoms with Crippen molar-refractivity contribution in [2.24, 2.45) is 0 Å². The van der Waals surface area contributed by atoms with Crippen LogP contribution in [-0.2, 0) is 25.8 Å². The number of pyridine rings is 1. The lowest BCUT2D eigenvalue weighted by atomic mass is 10.00. The second-order valence-corrected chi connectivity index (χ2v) is 15.6. The third-order valence-corrected chi connectivity index (χ3v) is 9.59. The molecule has 0 aliphatic carbocycles. The van der Waals surface area contributed by atoms with E-state index in [1.165, 1.54) is 47.8 Å². The molecule has 284 valence electrons. The van der Waals surface area contributed by atoms with Crippen LogP contribution >= 0.6 is 0 Å². The van der Waals surface area contributed by atoms with Gasteiger partial charge in [-0.15, -0.1) is 5.10 Å². The van der Waals surface area contributed by atoms with E-state index in [0.717, 1.165) is 16.7 Å². The minimum atomic E-state index is -3.82. The van der Waals surface area contributed by atoms with Gasteiger partial charge in [-0.2, -0.15) is 4.98 Å². The Kier molecular flexibility index (Phi) is 11.3. The zero-order valence-electron chi connectivity index (χ0n) is 30.8. The first-order valence-electron chi connectivity index (χ1n) is 16.8. The number of aromatic nitrogens is 3. The fourth-order valence-electron chi connectivity index (χ4n) is 5.63. The summed E-state index contributed by atoms with van der Waals surface area (Å²) in [6.07, 6.45) is 0.603. The number of hydrogen-bond donors (Lipinski definition) is 2. The Morgan fingerprint density at radius 1 is 0.981 bits per heavy atom. The van der Waals surface area contributed by atoms with Gasteiger partial charge >= 0.3 is 12.2 Å². The number of benzene rings is 3. The van der Waals surface area contributed by atoms with Crippen LogP contribution in [0.5, 0.6) is 5.75 Å². The second-order valence-electron chi connectivity index (χ2n) is 13.6. The molecule has 54 heavy (non-hydrogen) atoms. The van der Waals surface area contributed by atoms with Crippen molar-refractivity contribution in [1.29, 1.82) is 0 Å². The molecule has 2 N–H and O–H groups in total. The van der Waals surface area contributed by atoms with Gasteiger partial charge in [0.2, 0.25) is 5.91 Å². The summed E-state index contributed by atoms with van der Waals surface area (Å²) in [7, 11) is -1.02. The molecule has 14 nitrogen and oxygen atoms in total. The van der Waals surface area contributed by atoms with E-state index in [0.29, 0.717) is 22.5 Å². The summed E-state index contributed by atoms with van der Waals surface area (Å²) in [4.78, 5) is 44.7. The van der Waals surface area contributed by atoms with E-state index in [-0.39, 0.29) is 52.5 Å². The Bertz CT molecular complexity index is 2310. The van der Waals surface area contributed by atoms with Gasteiger partial charge in [0, 0.05) is 42.9 Å². The Hall–Kier alpha value is -6.03. The van der Waals surface area contributed by atoms with Crippen LogP contribution in [0.1, 0.15) is 44.7 Å². The average Bonchev–Trinajstić information content (AvgIpc) is 3.52. The van der Waals surface area contributed by atoms with Crippen molar-refractivity contribution in [2.45, 2.75) is 50.5 Å². The highest BCUT2D eigenvalue weighted by Crippen LogP contribution is 2.39. The monoisotopic (exact) mass is 760 g/mol. The van der Waals surface area contributed by atoms with E-state index in [1.54, 1.807) is 82.4 Å². The molecule has 1 atom stereocenters. The lowest BCUT2D eigenvalue weighted by Gasteiger charge is -2.26. The van der Waals surface area contributed by atoms with Crippen LogP contribution in [0, 0.1) is 5.82 Å². The van der Waals surface area contributed by atoms with Crippen molar-refractivity contribution in [3.05, 3.63) is 95.9 Å². The van der Waals surface area contributed by atoms with Gasteiger partial charge in [0.05, 0.1) is 23.6 Å². The normalized spacial score (nSPS) is 12.2. The summed E-state index contributed by atoms with van der Waals surface area (Å²) < 4.78 is 51.5. The zero-order chi connectivity index (χ0) is 39.5. The quantitative estimate of drug-likeness (QED) is 0.144. The number of amides is 3. The standard InChI is InChI=1S/C38H41FN6O8S/c1-23(24-8-13-27(39)14-9-24)34(46)40-28-15-10-25(11-16-28)26-12-19-32-41-35(42-44(32)22-26)45(36(47)48)30-17-18-31(54(7,50)51)29(33(30)52-6)20-21-43(5)37(49)53-38(2,3)4/h8-19,22-23H,20-21H2,1-7H3,(H,40,46)(H,47,48)/t23-/m1/s1. The number of nitrogens with one attached hydrogen (secondary N) is 1. The molecular weight excluding hydrogens is 720 g/mol. The van der Waals surface area contributed by atoms with Crippen LogP contribution in [0.15, 0.2) is 83.9 Å². The highest BCUT2D eigenvalue weighted by Gasteiger charge is 2.30. The Labute approximate surface area is 312 Å². The molecule has 0 aliphatic rings. The van der Waals surface area contributed by atoms with Gasteiger partial charge in [-0.3, -0.25) is 4.79 Å². The molecule has 3 amide bonds. The number of hydrogen-bond acceptors (Lipinski definition) is 9.